The van der Waals surface area contributed by atoms with E-state index in [4.69, 9.17) is 4.98 Å². The molecule has 0 fully saturated rings. The zero-order valence-electron chi connectivity index (χ0n) is 15.4. The third kappa shape index (κ3) is 3.40. The Hall–Kier alpha value is -1.95. The summed E-state index contributed by atoms with van der Waals surface area (Å²) in [7, 11) is 0. The SMILES string of the molecule is CCC(CC)Nc1cc(C)nc2c1nnn2-c1c(C)cc(Br)cc1C. The Morgan fingerprint density at radius 1 is 1.08 bits per heavy atom. The van der Waals surface area contributed by atoms with Crippen LogP contribution in [0, 0.1) is 20.8 Å². The fourth-order valence-corrected chi connectivity index (χ4v) is 3.93. The van der Waals surface area contributed by atoms with Crippen molar-refractivity contribution < 1.29 is 0 Å². The van der Waals surface area contributed by atoms with E-state index in [2.05, 4.69) is 77.5 Å². The number of aromatic nitrogens is 4. The first-order chi connectivity index (χ1) is 11.9. The minimum Gasteiger partial charge on any atom is -0.380 e. The van der Waals surface area contributed by atoms with Crippen LogP contribution in [0.25, 0.3) is 16.9 Å². The van der Waals surface area contributed by atoms with Gasteiger partial charge in [0.2, 0.25) is 0 Å². The molecule has 0 spiro atoms. The molecule has 0 aliphatic heterocycles. The van der Waals surface area contributed by atoms with Gasteiger partial charge in [-0.15, -0.1) is 5.10 Å². The first-order valence-corrected chi connectivity index (χ1v) is 9.50. The summed E-state index contributed by atoms with van der Waals surface area (Å²) < 4.78 is 2.92. The molecule has 2 aromatic heterocycles. The van der Waals surface area contributed by atoms with E-state index in [9.17, 15) is 0 Å². The third-order valence-corrected chi connectivity index (χ3v) is 5.01. The maximum absolute atomic E-state index is 4.72. The number of nitrogens with zero attached hydrogens (tertiary/aromatic N) is 4. The molecule has 1 aromatic carbocycles. The van der Waals surface area contributed by atoms with Crippen molar-refractivity contribution in [3.05, 3.63) is 39.5 Å². The predicted molar refractivity (Wildman–Crippen MR) is 107 cm³/mol. The molecule has 0 amide bonds. The molecule has 0 saturated heterocycles. The number of aryl methyl sites for hydroxylation is 3. The minimum absolute atomic E-state index is 0.423. The number of anilines is 1. The molecular formula is C19H24BrN5. The summed E-state index contributed by atoms with van der Waals surface area (Å²) in [5.74, 6) is 0. The number of hydrogen-bond donors (Lipinski definition) is 1. The second kappa shape index (κ2) is 7.12. The molecule has 2 heterocycles. The molecule has 3 rings (SSSR count). The molecule has 0 bridgehead atoms. The van der Waals surface area contributed by atoms with Gasteiger partial charge in [-0.3, -0.25) is 0 Å². The second-order valence-corrected chi connectivity index (χ2v) is 7.45. The van der Waals surface area contributed by atoms with Crippen LogP contribution in [0.2, 0.25) is 0 Å². The van der Waals surface area contributed by atoms with Gasteiger partial charge in [0.25, 0.3) is 0 Å². The minimum atomic E-state index is 0.423. The monoisotopic (exact) mass is 401 g/mol. The Morgan fingerprint density at radius 3 is 2.32 bits per heavy atom. The highest BCUT2D eigenvalue weighted by molar-refractivity contribution is 9.10. The van der Waals surface area contributed by atoms with E-state index >= 15 is 0 Å². The maximum Gasteiger partial charge on any atom is 0.186 e. The van der Waals surface area contributed by atoms with Gasteiger partial charge in [0.1, 0.15) is 0 Å². The van der Waals surface area contributed by atoms with E-state index < -0.39 is 0 Å². The number of nitrogens with one attached hydrogen (secondary N) is 1. The molecule has 0 radical (unpaired) electrons. The standard InChI is InChI=1S/C19H24BrN5/c1-6-15(7-2)22-16-10-13(5)21-19-17(16)23-24-25(19)18-11(3)8-14(20)9-12(18)4/h8-10,15H,6-7H2,1-5H3,(H,21,22). The summed E-state index contributed by atoms with van der Waals surface area (Å²) in [6.45, 7) is 10.6. The first kappa shape index (κ1) is 17.9. The van der Waals surface area contributed by atoms with Crippen LogP contribution in [0.5, 0.6) is 0 Å². The lowest BCUT2D eigenvalue weighted by atomic mass is 10.1. The molecule has 0 aliphatic carbocycles. The number of fused-ring (bicyclic) bond motifs is 1. The van der Waals surface area contributed by atoms with Gasteiger partial charge in [0, 0.05) is 16.2 Å². The second-order valence-electron chi connectivity index (χ2n) is 6.53. The Balaban J connectivity index is 2.19. The van der Waals surface area contributed by atoms with E-state index in [1.807, 2.05) is 11.6 Å². The van der Waals surface area contributed by atoms with E-state index in [1.165, 1.54) is 0 Å². The Bertz CT molecular complexity index is 889. The normalized spacial score (nSPS) is 11.5. The largest absolute Gasteiger partial charge is 0.380 e. The lowest BCUT2D eigenvalue weighted by Gasteiger charge is -2.17. The van der Waals surface area contributed by atoms with Crippen molar-refractivity contribution in [3.63, 3.8) is 0 Å². The molecule has 0 atom stereocenters. The Labute approximate surface area is 157 Å². The molecule has 0 unspecified atom stereocenters. The molecule has 25 heavy (non-hydrogen) atoms. The summed E-state index contributed by atoms with van der Waals surface area (Å²) in [6.07, 6.45) is 2.14. The van der Waals surface area contributed by atoms with Gasteiger partial charge in [-0.25, -0.2) is 4.98 Å². The number of rotatable bonds is 5. The van der Waals surface area contributed by atoms with Crippen LogP contribution in [0.1, 0.15) is 43.5 Å². The smallest absolute Gasteiger partial charge is 0.186 e. The molecular weight excluding hydrogens is 378 g/mol. The summed E-state index contributed by atoms with van der Waals surface area (Å²) >= 11 is 3.56. The summed E-state index contributed by atoms with van der Waals surface area (Å²) in [5, 5.41) is 12.5. The van der Waals surface area contributed by atoms with Crippen LogP contribution < -0.4 is 5.32 Å². The zero-order chi connectivity index (χ0) is 18.1. The summed E-state index contributed by atoms with van der Waals surface area (Å²) in [6, 6.07) is 6.66. The van der Waals surface area contributed by atoms with Gasteiger partial charge in [0.05, 0.1) is 11.4 Å². The average Bonchev–Trinajstić information content (AvgIpc) is 2.95. The highest BCUT2D eigenvalue weighted by Crippen LogP contribution is 2.28. The van der Waals surface area contributed by atoms with Crippen LogP contribution in [0.15, 0.2) is 22.7 Å². The van der Waals surface area contributed by atoms with Gasteiger partial charge in [-0.1, -0.05) is 35.0 Å². The van der Waals surface area contributed by atoms with E-state index in [0.717, 1.165) is 56.7 Å². The van der Waals surface area contributed by atoms with E-state index in [0.29, 0.717) is 6.04 Å². The lowest BCUT2D eigenvalue weighted by Crippen LogP contribution is -2.17. The highest BCUT2D eigenvalue weighted by atomic mass is 79.9. The fourth-order valence-electron chi connectivity index (χ4n) is 3.24. The lowest BCUT2D eigenvalue weighted by molar-refractivity contribution is 0.672. The van der Waals surface area contributed by atoms with E-state index in [-0.39, 0.29) is 0 Å². The van der Waals surface area contributed by atoms with Crippen LogP contribution in [-0.4, -0.2) is 26.0 Å². The number of benzene rings is 1. The number of hydrogen-bond acceptors (Lipinski definition) is 4. The molecule has 0 aliphatic rings. The van der Waals surface area contributed by atoms with Crippen LogP contribution in [-0.2, 0) is 0 Å². The van der Waals surface area contributed by atoms with Crippen molar-refractivity contribution in [1.29, 1.82) is 0 Å². The average molecular weight is 402 g/mol. The topological polar surface area (TPSA) is 55.6 Å². The third-order valence-electron chi connectivity index (χ3n) is 4.55. The Kier molecular flexibility index (Phi) is 5.08. The number of halogens is 1. The molecule has 3 aromatic rings. The van der Waals surface area contributed by atoms with Gasteiger partial charge >= 0.3 is 0 Å². The van der Waals surface area contributed by atoms with Gasteiger partial charge in [-0.2, -0.15) is 4.68 Å². The predicted octanol–water partition coefficient (Wildman–Crippen LogP) is 5.10. The zero-order valence-corrected chi connectivity index (χ0v) is 17.0. The van der Waals surface area contributed by atoms with Crippen molar-refractivity contribution in [2.45, 2.75) is 53.5 Å². The molecule has 0 saturated carbocycles. The quantitative estimate of drug-likeness (QED) is 0.645. The first-order valence-electron chi connectivity index (χ1n) is 8.71. The van der Waals surface area contributed by atoms with Gasteiger partial charge in [0.15, 0.2) is 11.2 Å². The molecule has 6 heteroatoms. The molecule has 132 valence electrons. The summed E-state index contributed by atoms with van der Waals surface area (Å²) in [5.41, 5.74) is 6.89. The molecule has 5 nitrogen and oxygen atoms in total. The van der Waals surface area contributed by atoms with Crippen molar-refractivity contribution in [2.75, 3.05) is 5.32 Å². The van der Waals surface area contributed by atoms with Crippen molar-refractivity contribution in [1.82, 2.24) is 20.0 Å². The maximum atomic E-state index is 4.72. The highest BCUT2D eigenvalue weighted by Gasteiger charge is 2.17. The molecule has 1 N–H and O–H groups in total. The van der Waals surface area contributed by atoms with Crippen LogP contribution in [0.3, 0.4) is 0 Å². The van der Waals surface area contributed by atoms with Crippen LogP contribution in [0.4, 0.5) is 5.69 Å². The Morgan fingerprint density at radius 2 is 1.72 bits per heavy atom. The van der Waals surface area contributed by atoms with Crippen molar-refractivity contribution >= 4 is 32.8 Å². The van der Waals surface area contributed by atoms with Gasteiger partial charge in [-0.05, 0) is 62.9 Å². The van der Waals surface area contributed by atoms with Crippen molar-refractivity contribution in [3.8, 4) is 5.69 Å². The number of pyridine rings is 1. The summed E-state index contributed by atoms with van der Waals surface area (Å²) in [4.78, 5) is 4.72. The fraction of sp³-hybridized carbons (Fsp3) is 0.421. The van der Waals surface area contributed by atoms with Crippen LogP contribution >= 0.6 is 15.9 Å². The van der Waals surface area contributed by atoms with Crippen molar-refractivity contribution in [2.24, 2.45) is 0 Å². The van der Waals surface area contributed by atoms with Gasteiger partial charge < -0.3 is 5.32 Å². The van der Waals surface area contributed by atoms with E-state index in [1.54, 1.807) is 0 Å².